The highest BCUT2D eigenvalue weighted by Crippen LogP contribution is 2.31. The maximum Gasteiger partial charge on any atom is 0.338 e. The van der Waals surface area contributed by atoms with Gasteiger partial charge in [0.25, 0.3) is 0 Å². The first kappa shape index (κ1) is 24.7. The molecule has 0 radical (unpaired) electrons. The first-order valence-corrected chi connectivity index (χ1v) is 11.2. The molecule has 0 fully saturated rings. The molecule has 0 spiro atoms. The third-order valence-electron chi connectivity index (χ3n) is 4.58. The maximum absolute atomic E-state index is 12.0. The van der Waals surface area contributed by atoms with Crippen molar-refractivity contribution in [1.82, 2.24) is 10.6 Å². The van der Waals surface area contributed by atoms with Crippen LogP contribution in [0.2, 0.25) is 0 Å². The van der Waals surface area contributed by atoms with E-state index in [0.717, 1.165) is 15.8 Å². The second-order valence-corrected chi connectivity index (χ2v) is 8.98. The fourth-order valence-corrected chi connectivity index (χ4v) is 3.25. The summed E-state index contributed by atoms with van der Waals surface area (Å²) < 4.78 is 11.7. The van der Waals surface area contributed by atoms with Crippen LogP contribution in [-0.4, -0.2) is 31.8 Å². The van der Waals surface area contributed by atoms with Gasteiger partial charge < -0.3 is 20.1 Å². The molecule has 0 heterocycles. The first-order chi connectivity index (χ1) is 14.7. The Labute approximate surface area is 192 Å². The smallest absolute Gasteiger partial charge is 0.338 e. The van der Waals surface area contributed by atoms with Crippen molar-refractivity contribution in [2.45, 2.75) is 46.1 Å². The number of halogens is 1. The number of carbonyl (C=O) groups is 2. The van der Waals surface area contributed by atoms with Crippen molar-refractivity contribution in [3.05, 3.63) is 63.6 Å². The summed E-state index contributed by atoms with van der Waals surface area (Å²) in [4.78, 5) is 23.6. The Kier molecular flexibility index (Phi) is 9.37. The number of hydrogen-bond acceptors (Lipinski definition) is 4. The molecule has 0 saturated heterocycles. The maximum atomic E-state index is 12.0. The molecule has 0 atom stereocenters. The van der Waals surface area contributed by atoms with Crippen molar-refractivity contribution in [3.63, 3.8) is 0 Å². The molecule has 7 heteroatoms. The highest BCUT2D eigenvalue weighted by molar-refractivity contribution is 9.10. The molecule has 2 rings (SSSR count). The Morgan fingerprint density at radius 1 is 1.03 bits per heavy atom. The number of benzene rings is 2. The van der Waals surface area contributed by atoms with Crippen LogP contribution in [0.3, 0.4) is 0 Å². The topological polar surface area (TPSA) is 76.7 Å². The molecule has 168 valence electrons. The lowest BCUT2D eigenvalue weighted by Crippen LogP contribution is -2.36. The lowest BCUT2D eigenvalue weighted by atomic mass is 9.87. The van der Waals surface area contributed by atoms with E-state index in [-0.39, 0.29) is 17.4 Å². The van der Waals surface area contributed by atoms with Crippen LogP contribution in [0.4, 0.5) is 4.79 Å². The number of rotatable bonds is 9. The predicted octanol–water partition coefficient (Wildman–Crippen LogP) is 5.19. The van der Waals surface area contributed by atoms with Crippen LogP contribution in [0.1, 0.15) is 55.6 Å². The third-order valence-corrected chi connectivity index (χ3v) is 5.20. The standard InChI is InChI=1S/C24H31BrN2O4/c1-5-30-22(28)18-9-7-17(8-10-18)16-27-23(29)26-13-6-14-31-21-12-11-19(15-20(21)25)24(2,3)4/h7-12,15H,5-6,13-14,16H2,1-4H3,(H2,26,27,29). The number of carbonyl (C=O) groups excluding carboxylic acids is 2. The van der Waals surface area contributed by atoms with Crippen molar-refractivity contribution >= 4 is 27.9 Å². The average Bonchev–Trinajstić information content (AvgIpc) is 2.72. The van der Waals surface area contributed by atoms with Crippen molar-refractivity contribution in [2.75, 3.05) is 19.8 Å². The molecule has 0 unspecified atom stereocenters. The van der Waals surface area contributed by atoms with Crippen molar-refractivity contribution in [1.29, 1.82) is 0 Å². The van der Waals surface area contributed by atoms with E-state index in [1.165, 1.54) is 5.56 Å². The Morgan fingerprint density at radius 2 is 1.74 bits per heavy atom. The van der Waals surface area contributed by atoms with E-state index >= 15 is 0 Å². The summed E-state index contributed by atoms with van der Waals surface area (Å²) in [5, 5.41) is 5.61. The minimum absolute atomic E-state index is 0.0846. The minimum Gasteiger partial charge on any atom is -0.492 e. The summed E-state index contributed by atoms with van der Waals surface area (Å²) in [6.07, 6.45) is 0.690. The summed E-state index contributed by atoms with van der Waals surface area (Å²) in [5.41, 5.74) is 2.71. The molecule has 0 aliphatic rings. The summed E-state index contributed by atoms with van der Waals surface area (Å²) in [5.74, 6) is 0.447. The Bertz CT molecular complexity index is 876. The normalized spacial score (nSPS) is 11.0. The van der Waals surface area contributed by atoms with Crippen molar-refractivity contribution < 1.29 is 19.1 Å². The van der Waals surface area contributed by atoms with Gasteiger partial charge in [-0.3, -0.25) is 0 Å². The fourth-order valence-electron chi connectivity index (χ4n) is 2.76. The van der Waals surface area contributed by atoms with Gasteiger partial charge >= 0.3 is 12.0 Å². The van der Waals surface area contributed by atoms with Gasteiger partial charge in [-0.1, -0.05) is 39.0 Å². The number of ether oxygens (including phenoxy) is 2. The van der Waals surface area contributed by atoms with Crippen LogP contribution in [0.15, 0.2) is 46.9 Å². The van der Waals surface area contributed by atoms with Gasteiger partial charge in [0.2, 0.25) is 0 Å². The molecule has 6 nitrogen and oxygen atoms in total. The fraction of sp³-hybridized carbons (Fsp3) is 0.417. The lowest BCUT2D eigenvalue weighted by Gasteiger charge is -2.20. The largest absolute Gasteiger partial charge is 0.492 e. The highest BCUT2D eigenvalue weighted by atomic mass is 79.9. The van der Waals surface area contributed by atoms with E-state index in [0.29, 0.717) is 38.3 Å². The van der Waals surface area contributed by atoms with Crippen LogP contribution < -0.4 is 15.4 Å². The van der Waals surface area contributed by atoms with Crippen molar-refractivity contribution in [3.8, 4) is 5.75 Å². The van der Waals surface area contributed by atoms with Gasteiger partial charge in [0.15, 0.2) is 0 Å². The van der Waals surface area contributed by atoms with Crippen LogP contribution >= 0.6 is 15.9 Å². The van der Waals surface area contributed by atoms with E-state index in [1.54, 1.807) is 31.2 Å². The SMILES string of the molecule is CCOC(=O)c1ccc(CNC(=O)NCCCOc2ccc(C(C)(C)C)cc2Br)cc1. The second-order valence-electron chi connectivity index (χ2n) is 8.12. The van der Waals surface area contributed by atoms with Crippen LogP contribution in [0, 0.1) is 0 Å². The number of amides is 2. The average molecular weight is 491 g/mol. The zero-order chi connectivity index (χ0) is 22.9. The lowest BCUT2D eigenvalue weighted by molar-refractivity contribution is 0.0526. The summed E-state index contributed by atoms with van der Waals surface area (Å²) in [6, 6.07) is 12.9. The monoisotopic (exact) mass is 490 g/mol. The van der Waals surface area contributed by atoms with Gasteiger partial charge in [-0.25, -0.2) is 9.59 Å². The quantitative estimate of drug-likeness (QED) is 0.374. The minimum atomic E-state index is -0.348. The van der Waals surface area contributed by atoms with Crippen LogP contribution in [-0.2, 0) is 16.7 Å². The van der Waals surface area contributed by atoms with Gasteiger partial charge in [-0.2, -0.15) is 0 Å². The Balaban J connectivity index is 1.66. The molecule has 2 aromatic carbocycles. The highest BCUT2D eigenvalue weighted by Gasteiger charge is 2.15. The van der Waals surface area contributed by atoms with E-state index in [2.05, 4.69) is 59.5 Å². The molecule has 2 amide bonds. The summed E-state index contributed by atoms with van der Waals surface area (Å²) >= 11 is 3.56. The molecular formula is C24H31BrN2O4. The summed E-state index contributed by atoms with van der Waals surface area (Å²) in [7, 11) is 0. The van der Waals surface area contributed by atoms with Crippen LogP contribution in [0.5, 0.6) is 5.75 Å². The molecular weight excluding hydrogens is 460 g/mol. The van der Waals surface area contributed by atoms with Crippen LogP contribution in [0.25, 0.3) is 0 Å². The third kappa shape index (κ3) is 8.25. The predicted molar refractivity (Wildman–Crippen MR) is 126 cm³/mol. The van der Waals surface area contributed by atoms with Crippen molar-refractivity contribution in [2.24, 2.45) is 0 Å². The van der Waals surface area contributed by atoms with Gasteiger partial charge in [0.05, 0.1) is 23.2 Å². The zero-order valence-electron chi connectivity index (χ0n) is 18.6. The van der Waals surface area contributed by atoms with Gasteiger partial charge in [-0.15, -0.1) is 0 Å². The van der Waals surface area contributed by atoms with Gasteiger partial charge in [0.1, 0.15) is 5.75 Å². The Hall–Kier alpha value is -2.54. The molecule has 0 bridgehead atoms. The van der Waals surface area contributed by atoms with E-state index < -0.39 is 0 Å². The number of esters is 1. The molecule has 2 N–H and O–H groups in total. The molecule has 0 saturated carbocycles. The van der Waals surface area contributed by atoms with E-state index in [1.807, 2.05) is 6.07 Å². The molecule has 0 aliphatic heterocycles. The number of urea groups is 1. The van der Waals surface area contributed by atoms with E-state index in [4.69, 9.17) is 9.47 Å². The zero-order valence-corrected chi connectivity index (χ0v) is 20.2. The first-order valence-electron chi connectivity index (χ1n) is 10.4. The molecule has 0 aromatic heterocycles. The number of hydrogen-bond donors (Lipinski definition) is 2. The van der Waals surface area contributed by atoms with E-state index in [9.17, 15) is 9.59 Å². The molecule has 31 heavy (non-hydrogen) atoms. The molecule has 0 aliphatic carbocycles. The van der Waals surface area contributed by atoms with Gasteiger partial charge in [-0.05, 0) is 70.1 Å². The van der Waals surface area contributed by atoms with Gasteiger partial charge in [0, 0.05) is 13.1 Å². The molecule has 2 aromatic rings. The summed E-state index contributed by atoms with van der Waals surface area (Å²) in [6.45, 7) is 10.0. The Morgan fingerprint density at radius 3 is 2.35 bits per heavy atom. The second kappa shape index (κ2) is 11.7. The number of nitrogens with one attached hydrogen (secondary N) is 2.